The van der Waals surface area contributed by atoms with Crippen molar-refractivity contribution in [3.05, 3.63) is 30.3 Å². The Kier molecular flexibility index (Phi) is 12.6. The zero-order chi connectivity index (χ0) is 13.8. The van der Waals surface area contributed by atoms with Crippen LogP contribution in [0.2, 0.25) is 0 Å². The molecule has 0 saturated carbocycles. The summed E-state index contributed by atoms with van der Waals surface area (Å²) < 4.78 is 0. The van der Waals surface area contributed by atoms with Gasteiger partial charge in [-0.1, -0.05) is 37.5 Å². The summed E-state index contributed by atoms with van der Waals surface area (Å²) in [6.45, 7) is 0. The molecule has 0 amide bonds. The second-order valence-electron chi connectivity index (χ2n) is 4.74. The molecule has 2 N–H and O–H groups in total. The summed E-state index contributed by atoms with van der Waals surface area (Å²) in [7, 11) is 10.7. The van der Waals surface area contributed by atoms with Crippen molar-refractivity contribution in [2.45, 2.75) is 0 Å². The maximum Gasteiger partial charge on any atom is 0.0661 e. The molecule has 1 aromatic rings. The molecule has 0 aliphatic rings. The monoisotopic (exact) mass is 240 g/mol. The van der Waals surface area contributed by atoms with Crippen LogP contribution in [0.15, 0.2) is 30.3 Å². The lowest BCUT2D eigenvalue weighted by Gasteiger charge is -2.26. The predicted octanol–water partition coefficient (Wildman–Crippen LogP) is -4.38. The van der Waals surface area contributed by atoms with Gasteiger partial charge >= 0.3 is 0 Å². The first kappa shape index (κ1) is 18.5. The second kappa shape index (κ2) is 11.6. The van der Waals surface area contributed by atoms with Gasteiger partial charge in [0.05, 0.1) is 42.3 Å². The Hall–Kier alpha value is -0.875. The fourth-order valence-electron chi connectivity index (χ4n) is 0.610. The van der Waals surface area contributed by atoms with Crippen LogP contribution in [-0.4, -0.2) is 49.4 Å². The first-order valence-electron chi connectivity index (χ1n) is 5.67. The number of hydrogen-bond donors (Lipinski definition) is 2. The van der Waals surface area contributed by atoms with Gasteiger partial charge in [-0.25, -0.2) is 0 Å². The Morgan fingerprint density at radius 3 is 1.24 bits per heavy atom. The first-order chi connectivity index (χ1) is 7.77. The van der Waals surface area contributed by atoms with Crippen molar-refractivity contribution >= 4 is 12.6 Å². The van der Waals surface area contributed by atoms with Gasteiger partial charge in [-0.15, -0.1) is 5.46 Å². The van der Waals surface area contributed by atoms with Gasteiger partial charge in [0, 0.05) is 0 Å². The Morgan fingerprint density at radius 1 is 0.765 bits per heavy atom. The highest BCUT2D eigenvalue weighted by Crippen LogP contribution is 1.79. The van der Waals surface area contributed by atoms with E-state index in [0.717, 1.165) is 0 Å². The van der Waals surface area contributed by atoms with Gasteiger partial charge in [0.2, 0.25) is 0 Å². The van der Waals surface area contributed by atoms with E-state index in [0.29, 0.717) is 5.46 Å². The van der Waals surface area contributed by atoms with Gasteiger partial charge in [0.15, 0.2) is 0 Å². The number of nitrogens with one attached hydrogen (secondary N) is 2. The largest absolute Gasteiger partial charge is 0.889 e. The molecule has 0 bridgehead atoms. The highest BCUT2D eigenvalue weighted by molar-refractivity contribution is 6.55. The van der Waals surface area contributed by atoms with E-state index in [1.165, 1.54) is 21.9 Å². The van der Waals surface area contributed by atoms with Crippen molar-refractivity contribution in [2.24, 2.45) is 0 Å². The molecule has 0 aliphatic carbocycles. The van der Waals surface area contributed by atoms with Crippen LogP contribution in [0, 0.1) is 0 Å². The van der Waals surface area contributed by atoms with Crippen LogP contribution in [-0.2, 0) is 0 Å². The third-order valence-electron chi connectivity index (χ3n) is 1.07. The van der Waals surface area contributed by atoms with Crippen molar-refractivity contribution in [1.82, 2.24) is 0 Å². The van der Waals surface area contributed by atoms with E-state index >= 15 is 0 Å². The molecule has 98 valence electrons. The highest BCUT2D eigenvalue weighted by Gasteiger charge is 1.80. The lowest BCUT2D eigenvalue weighted by atomic mass is 9.81. The maximum absolute atomic E-state index is 10.2. The van der Waals surface area contributed by atoms with Crippen molar-refractivity contribution in [3.63, 3.8) is 0 Å². The molecule has 4 nitrogen and oxygen atoms in total. The van der Waals surface area contributed by atoms with Gasteiger partial charge < -0.3 is 19.8 Å². The smallest absolute Gasteiger partial charge is 0.0661 e. The SMILES string of the molecule is C[NH+](C)C.C[NH+](C)C.[O-]B([O-])c1ccccc1. The topological polar surface area (TPSA) is 55.0 Å². The Morgan fingerprint density at radius 2 is 1.06 bits per heavy atom. The van der Waals surface area contributed by atoms with Crippen LogP contribution in [0.25, 0.3) is 0 Å². The maximum atomic E-state index is 10.2. The molecule has 0 radical (unpaired) electrons. The minimum absolute atomic E-state index is 0.303. The summed E-state index contributed by atoms with van der Waals surface area (Å²) in [5.41, 5.74) is 0.303. The van der Waals surface area contributed by atoms with E-state index in [-0.39, 0.29) is 0 Å². The average Bonchev–Trinajstić information content (AvgIpc) is 2.17. The molecule has 0 aromatic heterocycles. The first-order valence-corrected chi connectivity index (χ1v) is 5.67. The summed E-state index contributed by atoms with van der Waals surface area (Å²) in [5, 5.41) is 20.3. The van der Waals surface area contributed by atoms with E-state index in [4.69, 9.17) is 0 Å². The molecule has 0 heterocycles. The van der Waals surface area contributed by atoms with Crippen LogP contribution in [0.1, 0.15) is 0 Å². The van der Waals surface area contributed by atoms with Gasteiger partial charge in [0.1, 0.15) is 0 Å². The fraction of sp³-hybridized carbons (Fsp3) is 0.500. The molecule has 0 spiro atoms. The van der Waals surface area contributed by atoms with Crippen LogP contribution in [0.4, 0.5) is 0 Å². The highest BCUT2D eigenvalue weighted by atomic mass is 16.4. The number of benzene rings is 1. The molecular weight excluding hydrogens is 215 g/mol. The summed E-state index contributed by atoms with van der Waals surface area (Å²) in [6.07, 6.45) is 0. The van der Waals surface area contributed by atoms with Crippen LogP contribution >= 0.6 is 0 Å². The molecule has 17 heavy (non-hydrogen) atoms. The molecule has 0 atom stereocenters. The van der Waals surface area contributed by atoms with Crippen molar-refractivity contribution in [1.29, 1.82) is 0 Å². The summed E-state index contributed by atoms with van der Waals surface area (Å²) >= 11 is 0. The zero-order valence-electron chi connectivity index (χ0n) is 11.8. The summed E-state index contributed by atoms with van der Waals surface area (Å²) in [5.74, 6) is 0. The number of quaternary nitrogens is 2. The quantitative estimate of drug-likeness (QED) is 0.487. The normalized spacial score (nSPS) is 9.06. The lowest BCUT2D eigenvalue weighted by molar-refractivity contribution is -0.836. The van der Waals surface area contributed by atoms with Crippen LogP contribution in [0.5, 0.6) is 0 Å². The van der Waals surface area contributed by atoms with E-state index in [1.54, 1.807) is 18.2 Å². The van der Waals surface area contributed by atoms with E-state index in [2.05, 4.69) is 42.3 Å². The third kappa shape index (κ3) is 21.1. The molecule has 0 saturated heterocycles. The Labute approximate surface area is 106 Å². The minimum Gasteiger partial charge on any atom is -0.889 e. The van der Waals surface area contributed by atoms with Crippen LogP contribution in [0.3, 0.4) is 0 Å². The average molecular weight is 240 g/mol. The van der Waals surface area contributed by atoms with Crippen molar-refractivity contribution in [2.75, 3.05) is 42.3 Å². The zero-order valence-corrected chi connectivity index (χ0v) is 11.8. The van der Waals surface area contributed by atoms with Gasteiger partial charge in [0.25, 0.3) is 0 Å². The molecule has 1 rings (SSSR count). The number of hydrogen-bond acceptors (Lipinski definition) is 2. The summed E-state index contributed by atoms with van der Waals surface area (Å²) in [6, 6.07) is 8.19. The predicted molar refractivity (Wildman–Crippen MR) is 69.3 cm³/mol. The van der Waals surface area contributed by atoms with Crippen LogP contribution < -0.4 is 25.3 Å². The second-order valence-corrected chi connectivity index (χ2v) is 4.74. The molecule has 0 aliphatic heterocycles. The third-order valence-corrected chi connectivity index (χ3v) is 1.07. The van der Waals surface area contributed by atoms with Crippen molar-refractivity contribution in [3.8, 4) is 0 Å². The molecule has 0 fully saturated rings. The Bertz CT molecular complexity index is 242. The van der Waals surface area contributed by atoms with Gasteiger partial charge in [-0.05, 0) is 0 Å². The van der Waals surface area contributed by atoms with Gasteiger partial charge in [-0.3, -0.25) is 0 Å². The molecule has 1 aromatic carbocycles. The molecule has 5 heteroatoms. The van der Waals surface area contributed by atoms with E-state index < -0.39 is 7.12 Å². The Balaban J connectivity index is 0. The minimum atomic E-state index is -1.84. The molecular formula is C12H25BN2O2. The standard InChI is InChI=1S/C6H5BO2.2C3H9N/c8-7(9)6-4-2-1-3-5-6;2*1-4(2)3/h1-5H;2*1-3H3/q-2;;/p+2. The van der Waals surface area contributed by atoms with Crippen molar-refractivity contribution < 1.29 is 19.8 Å². The fourth-order valence-corrected chi connectivity index (χ4v) is 0.610. The van der Waals surface area contributed by atoms with Gasteiger partial charge in [-0.2, -0.15) is 0 Å². The molecule has 0 unspecified atom stereocenters. The lowest BCUT2D eigenvalue weighted by Crippen LogP contribution is -3.02. The number of rotatable bonds is 1. The van der Waals surface area contributed by atoms with E-state index in [9.17, 15) is 10.0 Å². The van der Waals surface area contributed by atoms with E-state index in [1.807, 2.05) is 0 Å². The summed E-state index contributed by atoms with van der Waals surface area (Å²) in [4.78, 5) is 2.83.